The van der Waals surface area contributed by atoms with Crippen LogP contribution in [0.3, 0.4) is 0 Å². The second kappa shape index (κ2) is 7.21. The second-order valence-electron chi connectivity index (χ2n) is 6.13. The molecule has 0 saturated carbocycles. The Morgan fingerprint density at radius 2 is 1.78 bits per heavy atom. The molecule has 8 heteroatoms. The molecule has 0 unspecified atom stereocenters. The standard InChI is InChI=1S/C19H17Cl2N3O3/c1-4-23-18(26)14(17(25)22-19(23)27)8-12-7-10(2)24(11(12)3)13-5-6-15(20)16(21)9-13/h5-9H,4H2,1-3H3,(H,22,25,27)/b14-8+. The van der Waals surface area contributed by atoms with E-state index in [0.717, 1.165) is 22.0 Å². The molecule has 1 fully saturated rings. The lowest BCUT2D eigenvalue weighted by atomic mass is 10.1. The number of barbiturate groups is 1. The molecular formula is C19H17Cl2N3O3. The largest absolute Gasteiger partial charge is 0.331 e. The quantitative estimate of drug-likeness (QED) is 0.621. The smallest absolute Gasteiger partial charge is 0.318 e. The van der Waals surface area contributed by atoms with Gasteiger partial charge in [0.2, 0.25) is 0 Å². The van der Waals surface area contributed by atoms with E-state index in [1.807, 2.05) is 30.5 Å². The molecule has 4 amide bonds. The minimum atomic E-state index is -0.703. The molecule has 6 nitrogen and oxygen atoms in total. The van der Waals surface area contributed by atoms with Gasteiger partial charge in [0.05, 0.1) is 10.0 Å². The third-order valence-corrected chi connectivity index (χ3v) is 5.17. The van der Waals surface area contributed by atoms with Gasteiger partial charge in [0.25, 0.3) is 11.8 Å². The topological polar surface area (TPSA) is 71.4 Å². The molecule has 3 rings (SSSR count). The molecule has 27 heavy (non-hydrogen) atoms. The van der Waals surface area contributed by atoms with Gasteiger partial charge in [0, 0.05) is 23.6 Å². The van der Waals surface area contributed by atoms with Gasteiger partial charge in [0.1, 0.15) is 5.57 Å². The van der Waals surface area contributed by atoms with Crippen molar-refractivity contribution in [2.45, 2.75) is 20.8 Å². The number of likely N-dealkylation sites (N-methyl/N-ethyl adjacent to an activating group) is 1. The molecule has 0 aliphatic carbocycles. The van der Waals surface area contributed by atoms with E-state index in [0.29, 0.717) is 15.6 Å². The highest BCUT2D eigenvalue weighted by Gasteiger charge is 2.34. The van der Waals surface area contributed by atoms with Crippen LogP contribution < -0.4 is 5.32 Å². The van der Waals surface area contributed by atoms with Crippen molar-refractivity contribution < 1.29 is 14.4 Å². The van der Waals surface area contributed by atoms with E-state index in [1.54, 1.807) is 19.1 Å². The van der Waals surface area contributed by atoms with E-state index in [2.05, 4.69) is 5.32 Å². The van der Waals surface area contributed by atoms with E-state index in [4.69, 9.17) is 23.2 Å². The zero-order chi connectivity index (χ0) is 19.9. The van der Waals surface area contributed by atoms with Crippen molar-refractivity contribution in [3.8, 4) is 5.69 Å². The van der Waals surface area contributed by atoms with E-state index in [-0.39, 0.29) is 12.1 Å². The number of aryl methyl sites for hydroxylation is 1. The first-order valence-electron chi connectivity index (χ1n) is 8.27. The average molecular weight is 406 g/mol. The van der Waals surface area contributed by atoms with Crippen molar-refractivity contribution in [1.82, 2.24) is 14.8 Å². The van der Waals surface area contributed by atoms with E-state index >= 15 is 0 Å². The first-order valence-corrected chi connectivity index (χ1v) is 9.03. The van der Waals surface area contributed by atoms with Crippen LogP contribution >= 0.6 is 23.2 Å². The van der Waals surface area contributed by atoms with Gasteiger partial charge in [-0.2, -0.15) is 0 Å². The Balaban J connectivity index is 2.07. The highest BCUT2D eigenvalue weighted by Crippen LogP contribution is 2.28. The Labute approximate surface area is 166 Å². The fraction of sp³-hybridized carbons (Fsp3) is 0.211. The number of halogens is 2. The van der Waals surface area contributed by atoms with Gasteiger partial charge in [-0.05, 0) is 56.7 Å². The number of imide groups is 2. The minimum absolute atomic E-state index is 0.0779. The van der Waals surface area contributed by atoms with Crippen LogP contribution in [0.15, 0.2) is 29.8 Å². The molecule has 0 radical (unpaired) electrons. The van der Waals surface area contributed by atoms with Crippen molar-refractivity contribution in [3.63, 3.8) is 0 Å². The maximum Gasteiger partial charge on any atom is 0.331 e. The Bertz CT molecular complexity index is 1010. The van der Waals surface area contributed by atoms with Crippen LogP contribution in [-0.2, 0) is 9.59 Å². The molecule has 1 aliphatic rings. The Morgan fingerprint density at radius 3 is 2.41 bits per heavy atom. The minimum Gasteiger partial charge on any atom is -0.318 e. The highest BCUT2D eigenvalue weighted by molar-refractivity contribution is 6.42. The average Bonchev–Trinajstić information content (AvgIpc) is 2.88. The number of urea groups is 1. The molecular weight excluding hydrogens is 389 g/mol. The predicted molar refractivity (Wildman–Crippen MR) is 104 cm³/mol. The molecule has 1 aliphatic heterocycles. The number of amides is 4. The van der Waals surface area contributed by atoms with E-state index < -0.39 is 17.8 Å². The lowest BCUT2D eigenvalue weighted by molar-refractivity contribution is -0.129. The van der Waals surface area contributed by atoms with Gasteiger partial charge in [0.15, 0.2) is 0 Å². The van der Waals surface area contributed by atoms with Crippen LogP contribution in [0.5, 0.6) is 0 Å². The molecule has 1 saturated heterocycles. The van der Waals surface area contributed by atoms with Crippen LogP contribution in [0.25, 0.3) is 11.8 Å². The fourth-order valence-corrected chi connectivity index (χ4v) is 3.38. The third-order valence-electron chi connectivity index (χ3n) is 4.43. The summed E-state index contributed by atoms with van der Waals surface area (Å²) in [4.78, 5) is 37.3. The fourth-order valence-electron chi connectivity index (χ4n) is 3.09. The monoisotopic (exact) mass is 405 g/mol. The third kappa shape index (κ3) is 3.38. The lowest BCUT2D eigenvalue weighted by Gasteiger charge is -2.24. The zero-order valence-corrected chi connectivity index (χ0v) is 16.5. The summed E-state index contributed by atoms with van der Waals surface area (Å²) in [6.07, 6.45) is 1.50. The number of carbonyl (C=O) groups is 3. The van der Waals surface area contributed by atoms with Gasteiger partial charge in [-0.25, -0.2) is 4.79 Å². The molecule has 1 aromatic heterocycles. The van der Waals surface area contributed by atoms with Gasteiger partial charge < -0.3 is 4.57 Å². The molecule has 140 valence electrons. The maximum absolute atomic E-state index is 12.5. The Kier molecular flexibility index (Phi) is 5.13. The molecule has 0 atom stereocenters. The van der Waals surface area contributed by atoms with E-state index in [9.17, 15) is 14.4 Å². The normalized spacial score (nSPS) is 16.3. The molecule has 2 aromatic rings. The van der Waals surface area contributed by atoms with Gasteiger partial charge in [-0.3, -0.25) is 19.8 Å². The van der Waals surface area contributed by atoms with Gasteiger partial charge >= 0.3 is 6.03 Å². The highest BCUT2D eigenvalue weighted by atomic mass is 35.5. The lowest BCUT2D eigenvalue weighted by Crippen LogP contribution is -2.53. The zero-order valence-electron chi connectivity index (χ0n) is 15.0. The number of nitrogens with one attached hydrogen (secondary N) is 1. The summed E-state index contributed by atoms with van der Waals surface area (Å²) in [6.45, 7) is 5.62. The summed E-state index contributed by atoms with van der Waals surface area (Å²) in [5.74, 6) is -1.31. The molecule has 2 heterocycles. The Hall–Kier alpha value is -2.57. The number of nitrogens with zero attached hydrogens (tertiary/aromatic N) is 2. The molecule has 1 aromatic carbocycles. The number of rotatable bonds is 3. The van der Waals surface area contributed by atoms with Crippen molar-refractivity contribution >= 4 is 47.1 Å². The first-order chi connectivity index (χ1) is 12.7. The van der Waals surface area contributed by atoms with Gasteiger partial charge in [-0.15, -0.1) is 0 Å². The molecule has 0 spiro atoms. The second-order valence-corrected chi connectivity index (χ2v) is 6.94. The van der Waals surface area contributed by atoms with Crippen molar-refractivity contribution in [2.24, 2.45) is 0 Å². The number of hydrogen-bond donors (Lipinski definition) is 1. The summed E-state index contributed by atoms with van der Waals surface area (Å²) in [5.41, 5.74) is 3.14. The van der Waals surface area contributed by atoms with Crippen molar-refractivity contribution in [2.75, 3.05) is 6.54 Å². The van der Waals surface area contributed by atoms with E-state index in [1.165, 1.54) is 6.08 Å². The maximum atomic E-state index is 12.5. The summed E-state index contributed by atoms with van der Waals surface area (Å²) >= 11 is 12.1. The Morgan fingerprint density at radius 1 is 1.07 bits per heavy atom. The van der Waals surface area contributed by atoms with Crippen molar-refractivity contribution in [3.05, 3.63) is 56.8 Å². The predicted octanol–water partition coefficient (Wildman–Crippen LogP) is 3.88. The van der Waals surface area contributed by atoms with Crippen LogP contribution in [0.1, 0.15) is 23.9 Å². The number of benzene rings is 1. The number of hydrogen-bond acceptors (Lipinski definition) is 3. The summed E-state index contributed by atoms with van der Waals surface area (Å²) in [6, 6.07) is 6.45. The van der Waals surface area contributed by atoms with Crippen LogP contribution in [0.2, 0.25) is 10.0 Å². The molecule has 1 N–H and O–H groups in total. The summed E-state index contributed by atoms with van der Waals surface area (Å²) in [7, 11) is 0. The SMILES string of the molecule is CCN1C(=O)NC(=O)/C(=C\c2cc(C)n(-c3ccc(Cl)c(Cl)c3)c2C)C1=O. The van der Waals surface area contributed by atoms with Crippen LogP contribution in [-0.4, -0.2) is 33.9 Å². The number of aromatic nitrogens is 1. The van der Waals surface area contributed by atoms with Gasteiger partial charge in [-0.1, -0.05) is 23.2 Å². The first kappa shape index (κ1) is 19.2. The van der Waals surface area contributed by atoms with Crippen LogP contribution in [0.4, 0.5) is 4.79 Å². The summed E-state index contributed by atoms with van der Waals surface area (Å²) < 4.78 is 1.95. The molecule has 0 bridgehead atoms. The van der Waals surface area contributed by atoms with Crippen molar-refractivity contribution in [1.29, 1.82) is 0 Å². The summed E-state index contributed by atoms with van der Waals surface area (Å²) in [5, 5.41) is 3.08. The van der Waals surface area contributed by atoms with Crippen LogP contribution in [0, 0.1) is 13.8 Å². The number of carbonyl (C=O) groups excluding carboxylic acids is 3.